The first-order valence-corrected chi connectivity index (χ1v) is 7.49. The van der Waals surface area contributed by atoms with Crippen molar-refractivity contribution >= 4 is 10.0 Å². The van der Waals surface area contributed by atoms with E-state index in [9.17, 15) is 8.42 Å². The van der Waals surface area contributed by atoms with E-state index in [4.69, 9.17) is 0 Å². The lowest BCUT2D eigenvalue weighted by molar-refractivity contribution is 0.302. The van der Waals surface area contributed by atoms with Crippen LogP contribution in [-0.4, -0.2) is 19.7 Å². The Bertz CT molecular complexity index is 279. The molecule has 1 fully saturated rings. The van der Waals surface area contributed by atoms with Crippen molar-refractivity contribution in [2.24, 2.45) is 5.92 Å². The fraction of sp³-hybridized carbons (Fsp3) is 1.00. The lowest BCUT2D eigenvalue weighted by atomic mass is 9.85. The molecule has 0 aromatic rings. The van der Waals surface area contributed by atoms with Gasteiger partial charge >= 0.3 is 0 Å². The zero-order valence-electron chi connectivity index (χ0n) is 9.99. The van der Waals surface area contributed by atoms with Gasteiger partial charge in [-0.05, 0) is 39.5 Å². The maximum absolute atomic E-state index is 11.7. The Labute approximate surface area is 93.7 Å². The van der Waals surface area contributed by atoms with Gasteiger partial charge in [-0.2, -0.15) is 0 Å². The zero-order valence-corrected chi connectivity index (χ0v) is 10.8. The topological polar surface area (TPSA) is 46.2 Å². The van der Waals surface area contributed by atoms with Gasteiger partial charge in [0.25, 0.3) is 0 Å². The molecule has 1 atom stereocenters. The van der Waals surface area contributed by atoms with Crippen LogP contribution in [0.4, 0.5) is 0 Å². The van der Waals surface area contributed by atoms with E-state index in [-0.39, 0.29) is 11.3 Å². The van der Waals surface area contributed by atoms with Gasteiger partial charge in [0.1, 0.15) is 0 Å². The second-order valence-electron chi connectivity index (χ2n) is 4.90. The fourth-order valence-electron chi connectivity index (χ4n) is 2.13. The van der Waals surface area contributed by atoms with Crippen LogP contribution in [0, 0.1) is 5.92 Å². The monoisotopic (exact) mass is 233 g/mol. The molecule has 1 N–H and O–H groups in total. The van der Waals surface area contributed by atoms with Gasteiger partial charge in [0.15, 0.2) is 0 Å². The van der Waals surface area contributed by atoms with Crippen LogP contribution in [0.2, 0.25) is 0 Å². The maximum atomic E-state index is 11.7. The Balaban J connectivity index is 2.50. The van der Waals surface area contributed by atoms with Crippen LogP contribution in [0.1, 0.15) is 52.9 Å². The molecular weight excluding hydrogens is 210 g/mol. The van der Waals surface area contributed by atoms with Gasteiger partial charge in [-0.25, -0.2) is 13.1 Å². The number of hydrogen-bond donors (Lipinski definition) is 1. The predicted molar refractivity (Wildman–Crippen MR) is 63.2 cm³/mol. The normalized spacial score (nSPS) is 21.9. The molecule has 90 valence electrons. The highest BCUT2D eigenvalue weighted by molar-refractivity contribution is 7.90. The number of hydrogen-bond acceptors (Lipinski definition) is 2. The highest BCUT2D eigenvalue weighted by Gasteiger charge is 2.25. The molecule has 0 radical (unpaired) electrons. The van der Waals surface area contributed by atoms with E-state index in [2.05, 4.69) is 4.72 Å². The van der Waals surface area contributed by atoms with Crippen molar-refractivity contribution in [3.63, 3.8) is 0 Å². The summed E-state index contributed by atoms with van der Waals surface area (Å²) in [4.78, 5) is 0. The molecule has 0 bridgehead atoms. The van der Waals surface area contributed by atoms with Gasteiger partial charge in [-0.1, -0.05) is 19.3 Å². The molecule has 0 aromatic heterocycles. The van der Waals surface area contributed by atoms with Crippen molar-refractivity contribution in [1.29, 1.82) is 0 Å². The molecule has 3 nitrogen and oxygen atoms in total. The summed E-state index contributed by atoms with van der Waals surface area (Å²) >= 11 is 0. The molecule has 0 spiro atoms. The summed E-state index contributed by atoms with van der Waals surface area (Å²) in [5, 5.41) is -0.330. The lowest BCUT2D eigenvalue weighted by Gasteiger charge is -2.28. The summed E-state index contributed by atoms with van der Waals surface area (Å²) in [6.45, 7) is 5.43. The highest BCUT2D eigenvalue weighted by Crippen LogP contribution is 2.26. The highest BCUT2D eigenvalue weighted by atomic mass is 32.2. The Hall–Kier alpha value is -0.0900. The van der Waals surface area contributed by atoms with Crippen LogP contribution < -0.4 is 4.72 Å². The molecule has 1 rings (SSSR count). The van der Waals surface area contributed by atoms with Crippen LogP contribution in [-0.2, 0) is 10.0 Å². The summed E-state index contributed by atoms with van der Waals surface area (Å²) in [5.41, 5.74) is 0. The molecular formula is C11H23NO2S. The SMILES string of the molecule is CC(C)S(=O)(=O)N[C@H](C)C1CCCCC1. The van der Waals surface area contributed by atoms with Crippen LogP contribution >= 0.6 is 0 Å². The van der Waals surface area contributed by atoms with Gasteiger partial charge in [0.05, 0.1) is 5.25 Å². The summed E-state index contributed by atoms with van der Waals surface area (Å²) in [6.07, 6.45) is 6.14. The smallest absolute Gasteiger partial charge is 0.212 e. The standard InChI is InChI=1S/C11H23NO2S/c1-9(2)15(13,14)12-10(3)11-7-5-4-6-8-11/h9-12H,4-8H2,1-3H3/t10-/m1/s1. The maximum Gasteiger partial charge on any atom is 0.214 e. The second kappa shape index (κ2) is 5.30. The molecule has 0 saturated heterocycles. The molecule has 0 aliphatic heterocycles. The van der Waals surface area contributed by atoms with Crippen molar-refractivity contribution < 1.29 is 8.42 Å². The van der Waals surface area contributed by atoms with E-state index in [1.807, 2.05) is 6.92 Å². The third-order valence-electron chi connectivity index (χ3n) is 3.33. The summed E-state index contributed by atoms with van der Waals surface area (Å²) in [6, 6.07) is 0.0951. The third kappa shape index (κ3) is 3.76. The van der Waals surface area contributed by atoms with Gasteiger partial charge in [-0.15, -0.1) is 0 Å². The Morgan fingerprint density at radius 3 is 2.07 bits per heavy atom. The van der Waals surface area contributed by atoms with Gasteiger partial charge in [-0.3, -0.25) is 0 Å². The summed E-state index contributed by atoms with van der Waals surface area (Å²) in [5.74, 6) is 0.535. The minimum absolute atomic E-state index is 0.0951. The Morgan fingerprint density at radius 1 is 1.07 bits per heavy atom. The van der Waals surface area contributed by atoms with E-state index in [1.54, 1.807) is 13.8 Å². The van der Waals surface area contributed by atoms with E-state index in [0.29, 0.717) is 5.92 Å². The van der Waals surface area contributed by atoms with Crippen molar-refractivity contribution in [3.05, 3.63) is 0 Å². The third-order valence-corrected chi connectivity index (χ3v) is 5.27. The first-order chi connectivity index (χ1) is 6.93. The van der Waals surface area contributed by atoms with Crippen LogP contribution in [0.3, 0.4) is 0 Å². The summed E-state index contributed by atoms with van der Waals surface area (Å²) in [7, 11) is -3.10. The minimum Gasteiger partial charge on any atom is -0.212 e. The quantitative estimate of drug-likeness (QED) is 0.809. The van der Waals surface area contributed by atoms with E-state index >= 15 is 0 Å². The molecule has 0 amide bonds. The number of rotatable bonds is 4. The molecule has 0 heterocycles. The van der Waals surface area contributed by atoms with E-state index in [0.717, 1.165) is 0 Å². The molecule has 1 aliphatic carbocycles. The van der Waals surface area contributed by atoms with Crippen molar-refractivity contribution in [1.82, 2.24) is 4.72 Å². The fourth-order valence-corrected chi connectivity index (χ4v) is 3.11. The van der Waals surface area contributed by atoms with Crippen molar-refractivity contribution in [3.8, 4) is 0 Å². The Kier molecular flexibility index (Phi) is 4.59. The van der Waals surface area contributed by atoms with Crippen LogP contribution in [0.25, 0.3) is 0 Å². The van der Waals surface area contributed by atoms with Gasteiger partial charge in [0, 0.05) is 6.04 Å². The Morgan fingerprint density at radius 2 is 1.60 bits per heavy atom. The van der Waals surface area contributed by atoms with Gasteiger partial charge < -0.3 is 0 Å². The molecule has 1 aliphatic rings. The van der Waals surface area contributed by atoms with Crippen molar-refractivity contribution in [2.45, 2.75) is 64.2 Å². The number of nitrogens with one attached hydrogen (secondary N) is 1. The van der Waals surface area contributed by atoms with Gasteiger partial charge in [0.2, 0.25) is 10.0 Å². The molecule has 15 heavy (non-hydrogen) atoms. The lowest BCUT2D eigenvalue weighted by Crippen LogP contribution is -2.42. The molecule has 0 unspecified atom stereocenters. The first-order valence-electron chi connectivity index (χ1n) is 5.94. The summed E-state index contributed by atoms with van der Waals surface area (Å²) < 4.78 is 26.1. The first kappa shape index (κ1) is 13.0. The zero-order chi connectivity index (χ0) is 11.5. The van der Waals surface area contributed by atoms with Crippen LogP contribution in [0.15, 0.2) is 0 Å². The average molecular weight is 233 g/mol. The van der Waals surface area contributed by atoms with E-state index in [1.165, 1.54) is 32.1 Å². The molecule has 0 aromatic carbocycles. The van der Waals surface area contributed by atoms with Crippen molar-refractivity contribution in [2.75, 3.05) is 0 Å². The average Bonchev–Trinajstić information content (AvgIpc) is 2.18. The minimum atomic E-state index is -3.10. The van der Waals surface area contributed by atoms with E-state index < -0.39 is 10.0 Å². The molecule has 1 saturated carbocycles. The predicted octanol–water partition coefficient (Wildman–Crippen LogP) is 2.28. The molecule has 4 heteroatoms. The largest absolute Gasteiger partial charge is 0.214 e. The number of sulfonamides is 1. The second-order valence-corrected chi connectivity index (χ2v) is 7.17. The van der Waals surface area contributed by atoms with Crippen LogP contribution in [0.5, 0.6) is 0 Å².